The van der Waals surface area contributed by atoms with Crippen LogP contribution >= 0.6 is 0 Å². The molecule has 154 valence electrons. The lowest BCUT2D eigenvalue weighted by molar-refractivity contribution is -0.118. The molecule has 0 saturated carbocycles. The normalized spacial score (nSPS) is 19.2. The average molecular weight is 397 g/mol. The summed E-state index contributed by atoms with van der Waals surface area (Å²) in [5, 5.41) is 5.66. The Morgan fingerprint density at radius 1 is 1.03 bits per heavy atom. The Morgan fingerprint density at radius 2 is 1.79 bits per heavy atom. The first kappa shape index (κ1) is 20.7. The molecule has 3 amide bonds. The number of hydrogen-bond donors (Lipinski definition) is 2. The van der Waals surface area contributed by atoms with Gasteiger partial charge in [-0.1, -0.05) is 24.3 Å². The number of hydrogen-bond acceptors (Lipinski definition) is 4. The number of rotatable bonds is 5. The number of nitrogens with one attached hydrogen (secondary N) is 2. The number of carbonyl (C=O) groups is 2. The van der Waals surface area contributed by atoms with Gasteiger partial charge in [0, 0.05) is 30.5 Å². The van der Waals surface area contributed by atoms with E-state index in [1.807, 2.05) is 44.2 Å². The number of amides is 3. The van der Waals surface area contributed by atoms with Crippen molar-refractivity contribution in [1.82, 2.24) is 4.90 Å². The molecule has 1 heterocycles. The summed E-state index contributed by atoms with van der Waals surface area (Å²) in [7, 11) is 0. The van der Waals surface area contributed by atoms with Gasteiger partial charge in [-0.2, -0.15) is 0 Å². The maximum atomic E-state index is 12.6. The number of carbonyl (C=O) groups excluding carboxylic acids is 2. The van der Waals surface area contributed by atoms with Crippen LogP contribution in [0.15, 0.2) is 54.6 Å². The SMILES string of the molecule is C[C@@H]1CCN(C(=O)Nc2cccc(OCC(=O)Nc3ccccc3)c2)C[C@H](C)O1. The molecule has 0 aromatic heterocycles. The average Bonchev–Trinajstić information content (AvgIpc) is 2.87. The summed E-state index contributed by atoms with van der Waals surface area (Å²) in [5.41, 5.74) is 1.33. The van der Waals surface area contributed by atoms with E-state index >= 15 is 0 Å². The van der Waals surface area contributed by atoms with Crippen LogP contribution in [0.1, 0.15) is 20.3 Å². The molecule has 2 aromatic rings. The summed E-state index contributed by atoms with van der Waals surface area (Å²) in [4.78, 5) is 26.4. The molecule has 0 bridgehead atoms. The first-order valence-electron chi connectivity index (χ1n) is 9.79. The minimum atomic E-state index is -0.252. The van der Waals surface area contributed by atoms with Crippen LogP contribution < -0.4 is 15.4 Å². The Kier molecular flexibility index (Phi) is 7.08. The van der Waals surface area contributed by atoms with E-state index in [2.05, 4.69) is 10.6 Å². The van der Waals surface area contributed by atoms with E-state index < -0.39 is 0 Å². The Labute approximate surface area is 171 Å². The number of para-hydroxylation sites is 1. The molecule has 2 N–H and O–H groups in total. The van der Waals surface area contributed by atoms with Gasteiger partial charge in [0.1, 0.15) is 5.75 Å². The van der Waals surface area contributed by atoms with E-state index in [1.54, 1.807) is 29.2 Å². The van der Waals surface area contributed by atoms with Gasteiger partial charge in [0.2, 0.25) is 0 Å². The Morgan fingerprint density at radius 3 is 2.59 bits per heavy atom. The van der Waals surface area contributed by atoms with Crippen molar-refractivity contribution in [3.05, 3.63) is 54.6 Å². The van der Waals surface area contributed by atoms with Gasteiger partial charge in [-0.25, -0.2) is 4.79 Å². The van der Waals surface area contributed by atoms with E-state index in [0.717, 1.165) is 6.42 Å². The maximum absolute atomic E-state index is 12.6. The predicted molar refractivity (Wildman–Crippen MR) is 112 cm³/mol. The molecule has 0 spiro atoms. The molecule has 2 atom stereocenters. The van der Waals surface area contributed by atoms with E-state index in [4.69, 9.17) is 9.47 Å². The molecule has 0 aliphatic carbocycles. The summed E-state index contributed by atoms with van der Waals surface area (Å²) >= 11 is 0. The zero-order chi connectivity index (χ0) is 20.6. The zero-order valence-electron chi connectivity index (χ0n) is 16.8. The molecule has 7 heteroatoms. The minimum absolute atomic E-state index is 0.00366. The number of urea groups is 1. The van der Waals surface area contributed by atoms with Crippen molar-refractivity contribution >= 4 is 23.3 Å². The Bertz CT molecular complexity index is 828. The fraction of sp³-hybridized carbons (Fsp3) is 0.364. The van der Waals surface area contributed by atoms with E-state index in [-0.39, 0.29) is 30.8 Å². The van der Waals surface area contributed by atoms with Crippen molar-refractivity contribution < 1.29 is 19.1 Å². The molecule has 29 heavy (non-hydrogen) atoms. The topological polar surface area (TPSA) is 79.9 Å². The molecule has 1 aliphatic heterocycles. The first-order chi connectivity index (χ1) is 14.0. The number of nitrogens with zero attached hydrogens (tertiary/aromatic N) is 1. The molecule has 1 saturated heterocycles. The highest BCUT2D eigenvalue weighted by Crippen LogP contribution is 2.19. The van der Waals surface area contributed by atoms with Crippen molar-refractivity contribution in [2.75, 3.05) is 30.3 Å². The van der Waals surface area contributed by atoms with Gasteiger partial charge in [-0.05, 0) is 44.5 Å². The molecule has 1 fully saturated rings. The third-order valence-corrected chi connectivity index (χ3v) is 4.55. The number of ether oxygens (including phenoxy) is 2. The molecular formula is C22H27N3O4. The van der Waals surface area contributed by atoms with Gasteiger partial charge in [0.15, 0.2) is 6.61 Å². The van der Waals surface area contributed by atoms with Crippen molar-refractivity contribution in [3.8, 4) is 5.75 Å². The van der Waals surface area contributed by atoms with Crippen LogP contribution in [0.3, 0.4) is 0 Å². The maximum Gasteiger partial charge on any atom is 0.321 e. The van der Waals surface area contributed by atoms with Gasteiger partial charge in [-0.3, -0.25) is 4.79 Å². The Balaban J connectivity index is 1.52. The molecular weight excluding hydrogens is 370 g/mol. The molecule has 1 aliphatic rings. The summed E-state index contributed by atoms with van der Waals surface area (Å²) < 4.78 is 11.3. The predicted octanol–water partition coefficient (Wildman–Crippen LogP) is 3.74. The van der Waals surface area contributed by atoms with Gasteiger partial charge < -0.3 is 25.0 Å². The van der Waals surface area contributed by atoms with Crippen molar-refractivity contribution in [1.29, 1.82) is 0 Å². The van der Waals surface area contributed by atoms with Crippen LogP contribution in [0.5, 0.6) is 5.75 Å². The second kappa shape index (κ2) is 9.93. The Hall–Kier alpha value is -3.06. The third kappa shape index (κ3) is 6.50. The quantitative estimate of drug-likeness (QED) is 0.806. The highest BCUT2D eigenvalue weighted by Gasteiger charge is 2.23. The highest BCUT2D eigenvalue weighted by atomic mass is 16.5. The monoisotopic (exact) mass is 397 g/mol. The fourth-order valence-corrected chi connectivity index (χ4v) is 3.17. The van der Waals surface area contributed by atoms with E-state index in [1.165, 1.54) is 0 Å². The lowest BCUT2D eigenvalue weighted by atomic mass is 10.3. The van der Waals surface area contributed by atoms with Crippen LogP contribution in [0.4, 0.5) is 16.2 Å². The number of benzene rings is 2. The van der Waals surface area contributed by atoms with Gasteiger partial charge in [-0.15, -0.1) is 0 Å². The van der Waals surface area contributed by atoms with E-state index in [0.29, 0.717) is 30.2 Å². The fourth-order valence-electron chi connectivity index (χ4n) is 3.17. The van der Waals surface area contributed by atoms with Crippen LogP contribution in [0.25, 0.3) is 0 Å². The second-order valence-corrected chi connectivity index (χ2v) is 7.15. The molecule has 0 unspecified atom stereocenters. The molecule has 2 aromatic carbocycles. The number of anilines is 2. The summed E-state index contributed by atoms with van der Waals surface area (Å²) in [5.74, 6) is 0.255. The molecule has 0 radical (unpaired) electrons. The summed E-state index contributed by atoms with van der Waals surface area (Å²) in [6.07, 6.45) is 0.940. The highest BCUT2D eigenvalue weighted by molar-refractivity contribution is 5.92. The summed E-state index contributed by atoms with van der Waals surface area (Å²) in [6, 6.07) is 16.0. The van der Waals surface area contributed by atoms with E-state index in [9.17, 15) is 9.59 Å². The van der Waals surface area contributed by atoms with Gasteiger partial charge >= 0.3 is 6.03 Å². The van der Waals surface area contributed by atoms with Crippen molar-refractivity contribution in [2.24, 2.45) is 0 Å². The van der Waals surface area contributed by atoms with Crippen molar-refractivity contribution in [2.45, 2.75) is 32.5 Å². The lowest BCUT2D eigenvalue weighted by Crippen LogP contribution is -2.38. The lowest BCUT2D eigenvalue weighted by Gasteiger charge is -2.22. The van der Waals surface area contributed by atoms with Gasteiger partial charge in [0.05, 0.1) is 12.2 Å². The molecule has 3 rings (SSSR count). The van der Waals surface area contributed by atoms with Crippen LogP contribution in [-0.2, 0) is 9.53 Å². The first-order valence-corrected chi connectivity index (χ1v) is 9.79. The van der Waals surface area contributed by atoms with Gasteiger partial charge in [0.25, 0.3) is 5.91 Å². The van der Waals surface area contributed by atoms with Crippen LogP contribution in [-0.4, -0.2) is 48.7 Å². The third-order valence-electron chi connectivity index (χ3n) is 4.55. The standard InChI is InChI=1S/C22H27N3O4/c1-16-11-12-25(14-17(2)29-16)22(27)24-19-9-6-10-20(13-19)28-15-21(26)23-18-7-4-3-5-8-18/h3-10,13,16-17H,11-12,14-15H2,1-2H3,(H,23,26)(H,24,27)/t16-,17+/m1/s1. The zero-order valence-corrected chi connectivity index (χ0v) is 16.8. The van der Waals surface area contributed by atoms with Crippen LogP contribution in [0.2, 0.25) is 0 Å². The van der Waals surface area contributed by atoms with Crippen LogP contribution in [0, 0.1) is 0 Å². The second-order valence-electron chi connectivity index (χ2n) is 7.15. The largest absolute Gasteiger partial charge is 0.484 e. The minimum Gasteiger partial charge on any atom is -0.484 e. The molecule has 7 nitrogen and oxygen atoms in total. The summed E-state index contributed by atoms with van der Waals surface area (Å²) in [6.45, 7) is 5.06. The smallest absolute Gasteiger partial charge is 0.321 e. The van der Waals surface area contributed by atoms with Crippen molar-refractivity contribution in [3.63, 3.8) is 0 Å².